The zero-order valence-electron chi connectivity index (χ0n) is 12.2. The molecule has 0 spiro atoms. The van der Waals surface area contributed by atoms with Gasteiger partial charge in [-0.05, 0) is 41.7 Å². The minimum Gasteiger partial charge on any atom is -0.439 e. The molecule has 0 aliphatic carbocycles. The van der Waals surface area contributed by atoms with Crippen molar-refractivity contribution in [3.8, 4) is 11.6 Å². The van der Waals surface area contributed by atoms with Crippen LogP contribution in [-0.2, 0) is 12.3 Å². The summed E-state index contributed by atoms with van der Waals surface area (Å²) in [5, 5.41) is 0. The van der Waals surface area contributed by atoms with E-state index in [0.29, 0.717) is 17.7 Å². The molecular formula is C17H20ClNO. The normalized spacial score (nSPS) is 10.8. The van der Waals surface area contributed by atoms with Gasteiger partial charge in [-0.3, -0.25) is 0 Å². The van der Waals surface area contributed by atoms with Crippen LogP contribution in [0.3, 0.4) is 0 Å². The highest BCUT2D eigenvalue weighted by Crippen LogP contribution is 2.25. The van der Waals surface area contributed by atoms with Crippen LogP contribution in [0.5, 0.6) is 11.6 Å². The molecule has 0 amide bonds. The molecule has 0 aliphatic rings. The molecule has 0 atom stereocenters. The van der Waals surface area contributed by atoms with Gasteiger partial charge < -0.3 is 4.74 Å². The average Bonchev–Trinajstić information content (AvgIpc) is 2.47. The van der Waals surface area contributed by atoms with Crippen LogP contribution in [0.15, 0.2) is 36.4 Å². The summed E-state index contributed by atoms with van der Waals surface area (Å²) in [5.41, 5.74) is 3.29. The Hall–Kier alpha value is -1.54. The first-order chi connectivity index (χ1) is 9.62. The summed E-state index contributed by atoms with van der Waals surface area (Å²) in [5.74, 6) is 2.38. The highest BCUT2D eigenvalue weighted by Gasteiger charge is 2.06. The van der Waals surface area contributed by atoms with Crippen LogP contribution >= 0.6 is 11.6 Å². The molecule has 0 saturated carbocycles. The molecule has 0 aliphatic heterocycles. The maximum atomic E-state index is 5.91. The molecule has 2 nitrogen and oxygen atoms in total. The first kappa shape index (κ1) is 14.9. The number of hydrogen-bond donors (Lipinski definition) is 0. The molecule has 1 aromatic carbocycles. The Kier molecular flexibility index (Phi) is 5.02. The lowest BCUT2D eigenvalue weighted by molar-refractivity contribution is 0.459. The lowest BCUT2D eigenvalue weighted by atomic mass is 10.0. The van der Waals surface area contributed by atoms with E-state index in [-0.39, 0.29) is 0 Å². The third kappa shape index (κ3) is 3.73. The van der Waals surface area contributed by atoms with E-state index in [1.54, 1.807) is 0 Å². The SMILES string of the molecule is CCc1cc(CCl)cc(Oc2cccc(C(C)C)c2)n1. The highest BCUT2D eigenvalue weighted by atomic mass is 35.5. The fraction of sp³-hybridized carbons (Fsp3) is 0.353. The van der Waals surface area contributed by atoms with E-state index in [9.17, 15) is 0 Å². The molecule has 1 heterocycles. The average molecular weight is 290 g/mol. The number of ether oxygens (including phenoxy) is 1. The largest absolute Gasteiger partial charge is 0.439 e. The number of nitrogens with zero attached hydrogens (tertiary/aromatic N) is 1. The fourth-order valence-electron chi connectivity index (χ4n) is 1.99. The van der Waals surface area contributed by atoms with Gasteiger partial charge in [0.05, 0.1) is 0 Å². The summed E-state index contributed by atoms with van der Waals surface area (Å²) < 4.78 is 5.88. The molecule has 0 unspecified atom stereocenters. The minimum atomic E-state index is 0.470. The molecule has 106 valence electrons. The third-order valence-corrected chi connectivity index (χ3v) is 3.49. The first-order valence-corrected chi connectivity index (χ1v) is 7.49. The van der Waals surface area contributed by atoms with Crippen molar-refractivity contribution in [2.45, 2.75) is 39.0 Å². The minimum absolute atomic E-state index is 0.470. The van der Waals surface area contributed by atoms with Gasteiger partial charge in [0.25, 0.3) is 0 Å². The van der Waals surface area contributed by atoms with Crippen molar-refractivity contribution in [3.63, 3.8) is 0 Å². The maximum Gasteiger partial charge on any atom is 0.219 e. The maximum absolute atomic E-state index is 5.91. The van der Waals surface area contributed by atoms with Gasteiger partial charge in [-0.1, -0.05) is 32.9 Å². The third-order valence-electron chi connectivity index (χ3n) is 3.18. The second-order valence-electron chi connectivity index (χ2n) is 5.12. The predicted octanol–water partition coefficient (Wildman–Crippen LogP) is 5.30. The molecule has 2 aromatic rings. The van der Waals surface area contributed by atoms with E-state index >= 15 is 0 Å². The smallest absolute Gasteiger partial charge is 0.219 e. The van der Waals surface area contributed by atoms with Crippen LogP contribution in [0, 0.1) is 0 Å². The van der Waals surface area contributed by atoms with Gasteiger partial charge >= 0.3 is 0 Å². The summed E-state index contributed by atoms with van der Waals surface area (Å²) in [6, 6.07) is 12.0. The van der Waals surface area contributed by atoms with E-state index in [0.717, 1.165) is 23.4 Å². The molecule has 2 rings (SSSR count). The van der Waals surface area contributed by atoms with Gasteiger partial charge in [0.2, 0.25) is 5.88 Å². The Balaban J connectivity index is 2.27. The number of halogens is 1. The van der Waals surface area contributed by atoms with Crippen LogP contribution in [0.2, 0.25) is 0 Å². The summed E-state index contributed by atoms with van der Waals surface area (Å²) >= 11 is 5.91. The van der Waals surface area contributed by atoms with Crippen LogP contribution in [0.4, 0.5) is 0 Å². The Morgan fingerprint density at radius 2 is 2.00 bits per heavy atom. The van der Waals surface area contributed by atoms with Crippen molar-refractivity contribution < 1.29 is 4.74 Å². The lowest BCUT2D eigenvalue weighted by Crippen LogP contribution is -1.96. The van der Waals surface area contributed by atoms with E-state index < -0.39 is 0 Å². The number of rotatable bonds is 5. The molecule has 1 aromatic heterocycles. The van der Waals surface area contributed by atoms with Gasteiger partial charge in [-0.25, -0.2) is 4.98 Å². The summed E-state index contributed by atoms with van der Waals surface area (Å²) in [7, 11) is 0. The number of pyridine rings is 1. The number of aromatic nitrogens is 1. The Morgan fingerprint density at radius 1 is 1.20 bits per heavy atom. The van der Waals surface area contributed by atoms with Gasteiger partial charge in [-0.15, -0.1) is 11.6 Å². The second kappa shape index (κ2) is 6.76. The van der Waals surface area contributed by atoms with Crippen LogP contribution in [0.25, 0.3) is 0 Å². The predicted molar refractivity (Wildman–Crippen MR) is 83.8 cm³/mol. The quantitative estimate of drug-likeness (QED) is 0.697. The first-order valence-electron chi connectivity index (χ1n) is 6.96. The number of hydrogen-bond acceptors (Lipinski definition) is 2. The Morgan fingerprint density at radius 3 is 2.65 bits per heavy atom. The standard InChI is InChI=1S/C17H20ClNO/c1-4-15-8-13(11-18)9-17(19-15)20-16-7-5-6-14(10-16)12(2)3/h5-10,12H,4,11H2,1-3H3. The van der Waals surface area contributed by atoms with Gasteiger partial charge in [-0.2, -0.15) is 0 Å². The van der Waals surface area contributed by atoms with Crippen LogP contribution in [-0.4, -0.2) is 4.98 Å². The number of alkyl halides is 1. The Labute approximate surface area is 125 Å². The molecule has 20 heavy (non-hydrogen) atoms. The molecule has 0 radical (unpaired) electrons. The van der Waals surface area contributed by atoms with Gasteiger partial charge in [0.1, 0.15) is 5.75 Å². The summed E-state index contributed by atoms with van der Waals surface area (Å²) in [6.07, 6.45) is 0.868. The van der Waals surface area contributed by atoms with Crippen molar-refractivity contribution in [3.05, 3.63) is 53.2 Å². The van der Waals surface area contributed by atoms with Crippen molar-refractivity contribution in [2.24, 2.45) is 0 Å². The Bertz CT molecular complexity index is 559. The van der Waals surface area contributed by atoms with E-state index in [2.05, 4.69) is 37.9 Å². The van der Waals surface area contributed by atoms with Gasteiger partial charge in [0, 0.05) is 17.6 Å². The highest BCUT2D eigenvalue weighted by molar-refractivity contribution is 6.17. The topological polar surface area (TPSA) is 22.1 Å². The number of benzene rings is 1. The zero-order chi connectivity index (χ0) is 14.5. The lowest BCUT2D eigenvalue weighted by Gasteiger charge is -2.10. The molecule has 0 saturated heterocycles. The van der Waals surface area contributed by atoms with E-state index in [4.69, 9.17) is 16.3 Å². The number of aryl methyl sites for hydroxylation is 1. The molecular weight excluding hydrogens is 270 g/mol. The van der Waals surface area contributed by atoms with E-state index in [1.165, 1.54) is 5.56 Å². The van der Waals surface area contributed by atoms with Crippen molar-refractivity contribution in [1.82, 2.24) is 4.98 Å². The van der Waals surface area contributed by atoms with Crippen LogP contribution < -0.4 is 4.74 Å². The van der Waals surface area contributed by atoms with Crippen LogP contribution in [0.1, 0.15) is 43.5 Å². The fourth-order valence-corrected chi connectivity index (χ4v) is 2.14. The summed E-state index contributed by atoms with van der Waals surface area (Å²) in [6.45, 7) is 6.41. The van der Waals surface area contributed by atoms with Crippen molar-refractivity contribution >= 4 is 11.6 Å². The zero-order valence-corrected chi connectivity index (χ0v) is 12.9. The van der Waals surface area contributed by atoms with Crippen molar-refractivity contribution in [2.75, 3.05) is 0 Å². The monoisotopic (exact) mass is 289 g/mol. The molecule has 0 fully saturated rings. The molecule has 0 N–H and O–H groups in total. The van der Waals surface area contributed by atoms with E-state index in [1.807, 2.05) is 24.3 Å². The van der Waals surface area contributed by atoms with Gasteiger partial charge in [0.15, 0.2) is 0 Å². The summed E-state index contributed by atoms with van der Waals surface area (Å²) in [4.78, 5) is 4.49. The molecule has 3 heteroatoms. The molecule has 0 bridgehead atoms. The van der Waals surface area contributed by atoms with Crippen molar-refractivity contribution in [1.29, 1.82) is 0 Å². The second-order valence-corrected chi connectivity index (χ2v) is 5.39.